The van der Waals surface area contributed by atoms with Crippen LogP contribution in [0.4, 0.5) is 0 Å². The summed E-state index contributed by atoms with van der Waals surface area (Å²) >= 11 is 0. The lowest BCUT2D eigenvalue weighted by atomic mass is 9.78. The molecule has 1 saturated carbocycles. The van der Waals surface area contributed by atoms with Crippen LogP contribution < -0.4 is 9.46 Å². The zero-order chi connectivity index (χ0) is 13.9. The molecule has 0 saturated heterocycles. The maximum atomic E-state index is 12.2. The van der Waals surface area contributed by atoms with E-state index in [2.05, 4.69) is 4.72 Å². The van der Waals surface area contributed by atoms with Crippen molar-refractivity contribution in [3.8, 4) is 5.75 Å². The maximum absolute atomic E-state index is 12.2. The van der Waals surface area contributed by atoms with Crippen molar-refractivity contribution in [2.24, 2.45) is 0 Å². The average Bonchev–Trinajstić information content (AvgIpc) is 2.35. The first-order chi connectivity index (χ1) is 9.01. The minimum atomic E-state index is -3.59. The molecule has 1 aromatic carbocycles. The van der Waals surface area contributed by atoms with E-state index in [1.54, 1.807) is 12.1 Å². The molecular formula is C13H19NO4S. The molecule has 0 aromatic heterocycles. The normalized spacial score (nSPS) is 17.8. The van der Waals surface area contributed by atoms with Gasteiger partial charge in [-0.05, 0) is 50.5 Å². The highest BCUT2D eigenvalue weighted by Gasteiger charge is 2.40. The van der Waals surface area contributed by atoms with Crippen LogP contribution in [0.15, 0.2) is 29.2 Å². The monoisotopic (exact) mass is 285 g/mol. The summed E-state index contributed by atoms with van der Waals surface area (Å²) in [5.41, 5.74) is -0.669. The molecule has 0 heterocycles. The van der Waals surface area contributed by atoms with Gasteiger partial charge in [0, 0.05) is 0 Å². The highest BCUT2D eigenvalue weighted by atomic mass is 32.2. The summed E-state index contributed by atoms with van der Waals surface area (Å²) in [5.74, 6) is 0.641. The number of sulfonamides is 1. The lowest BCUT2D eigenvalue weighted by Crippen LogP contribution is -2.55. The number of aliphatic hydroxyl groups excluding tert-OH is 1. The minimum absolute atomic E-state index is 0.163. The Bertz CT molecular complexity index is 515. The lowest BCUT2D eigenvalue weighted by Gasteiger charge is -2.40. The predicted molar refractivity (Wildman–Crippen MR) is 71.6 cm³/mol. The molecule has 2 N–H and O–H groups in total. The van der Waals surface area contributed by atoms with E-state index in [4.69, 9.17) is 4.74 Å². The molecule has 1 aromatic rings. The molecule has 1 aliphatic rings. The summed E-state index contributed by atoms with van der Waals surface area (Å²) in [6, 6.07) is 6.28. The molecule has 106 valence electrons. The van der Waals surface area contributed by atoms with Crippen molar-refractivity contribution in [1.29, 1.82) is 0 Å². The van der Waals surface area contributed by atoms with Gasteiger partial charge in [0.2, 0.25) is 10.0 Å². The number of rotatable bonds is 6. The van der Waals surface area contributed by atoms with E-state index < -0.39 is 15.6 Å². The van der Waals surface area contributed by atoms with Crippen molar-refractivity contribution >= 4 is 10.0 Å². The van der Waals surface area contributed by atoms with Crippen LogP contribution in [0.3, 0.4) is 0 Å². The van der Waals surface area contributed by atoms with E-state index in [9.17, 15) is 13.5 Å². The second-order valence-electron chi connectivity index (χ2n) is 4.80. The third-order valence-electron chi connectivity index (χ3n) is 3.41. The Hall–Kier alpha value is -1.11. The van der Waals surface area contributed by atoms with E-state index in [0.717, 1.165) is 6.42 Å². The molecule has 5 nitrogen and oxygen atoms in total. The highest BCUT2D eigenvalue weighted by Crippen LogP contribution is 2.33. The van der Waals surface area contributed by atoms with Gasteiger partial charge < -0.3 is 9.84 Å². The molecule has 1 fully saturated rings. The van der Waals surface area contributed by atoms with Crippen molar-refractivity contribution < 1.29 is 18.3 Å². The molecule has 0 radical (unpaired) electrons. The molecule has 0 atom stereocenters. The van der Waals surface area contributed by atoms with Crippen molar-refractivity contribution in [3.63, 3.8) is 0 Å². The summed E-state index contributed by atoms with van der Waals surface area (Å²) in [6.45, 7) is 2.25. The maximum Gasteiger partial charge on any atom is 0.241 e. The third kappa shape index (κ3) is 3.08. The van der Waals surface area contributed by atoms with Gasteiger partial charge in [0.05, 0.1) is 23.6 Å². The lowest BCUT2D eigenvalue weighted by molar-refractivity contribution is 0.110. The Morgan fingerprint density at radius 3 is 2.37 bits per heavy atom. The van der Waals surface area contributed by atoms with Crippen LogP contribution in [0, 0.1) is 0 Å². The molecule has 6 heteroatoms. The third-order valence-corrected chi connectivity index (χ3v) is 5.00. The molecular weight excluding hydrogens is 266 g/mol. The Morgan fingerprint density at radius 2 is 1.95 bits per heavy atom. The number of ether oxygens (including phenoxy) is 1. The van der Waals surface area contributed by atoms with Crippen LogP contribution in [-0.4, -0.2) is 32.3 Å². The van der Waals surface area contributed by atoms with Crippen molar-refractivity contribution in [3.05, 3.63) is 24.3 Å². The Labute approximate surface area is 113 Å². The van der Waals surface area contributed by atoms with Crippen LogP contribution in [-0.2, 0) is 10.0 Å². The standard InChI is InChI=1S/C13H19NO4S/c1-2-18-11-4-6-12(7-5-11)19(16,17)14-13(10-15)8-3-9-13/h4-7,14-15H,2-3,8-10H2,1H3. The predicted octanol–water partition coefficient (Wildman–Crippen LogP) is 1.28. The zero-order valence-electron chi connectivity index (χ0n) is 10.9. The largest absolute Gasteiger partial charge is 0.494 e. The summed E-state index contributed by atoms with van der Waals surface area (Å²) in [6.07, 6.45) is 2.30. The molecule has 0 bridgehead atoms. The fourth-order valence-electron chi connectivity index (χ4n) is 2.12. The van der Waals surface area contributed by atoms with Crippen LogP contribution in [0.25, 0.3) is 0 Å². The van der Waals surface area contributed by atoms with E-state index >= 15 is 0 Å². The molecule has 0 spiro atoms. The number of hydrogen-bond acceptors (Lipinski definition) is 4. The van der Waals surface area contributed by atoms with Crippen molar-refractivity contribution in [1.82, 2.24) is 4.72 Å². The van der Waals surface area contributed by atoms with Gasteiger partial charge in [-0.15, -0.1) is 0 Å². The summed E-state index contributed by atoms with van der Waals surface area (Å²) < 4.78 is 32.3. The fraction of sp³-hybridized carbons (Fsp3) is 0.538. The molecule has 0 amide bonds. The van der Waals surface area contributed by atoms with Crippen molar-refractivity contribution in [2.75, 3.05) is 13.2 Å². The van der Waals surface area contributed by atoms with Gasteiger partial charge in [0.1, 0.15) is 5.75 Å². The summed E-state index contributed by atoms with van der Waals surface area (Å²) in [4.78, 5) is 0.190. The second-order valence-corrected chi connectivity index (χ2v) is 6.48. The smallest absolute Gasteiger partial charge is 0.241 e. The van der Waals surface area contributed by atoms with Gasteiger partial charge in [-0.25, -0.2) is 13.1 Å². The van der Waals surface area contributed by atoms with Crippen molar-refractivity contribution in [2.45, 2.75) is 36.6 Å². The Kier molecular flexibility index (Phi) is 4.13. The van der Waals surface area contributed by atoms with Gasteiger partial charge in [0.15, 0.2) is 0 Å². The van der Waals surface area contributed by atoms with Crippen LogP contribution in [0.5, 0.6) is 5.75 Å². The van der Waals surface area contributed by atoms with Gasteiger partial charge in [-0.1, -0.05) is 0 Å². The number of nitrogens with one attached hydrogen (secondary N) is 1. The second kappa shape index (κ2) is 5.48. The summed E-state index contributed by atoms with van der Waals surface area (Å²) in [5, 5.41) is 9.31. The molecule has 0 unspecified atom stereocenters. The van der Waals surface area contributed by atoms with Crippen LogP contribution in [0.1, 0.15) is 26.2 Å². The SMILES string of the molecule is CCOc1ccc(S(=O)(=O)NC2(CO)CCC2)cc1. The molecule has 2 rings (SSSR count). The van der Waals surface area contributed by atoms with E-state index in [-0.39, 0.29) is 11.5 Å². The minimum Gasteiger partial charge on any atom is -0.494 e. The van der Waals surface area contributed by atoms with E-state index in [1.807, 2.05) is 6.92 Å². The molecule has 19 heavy (non-hydrogen) atoms. The summed E-state index contributed by atoms with van der Waals surface area (Å²) in [7, 11) is -3.59. The van der Waals surface area contributed by atoms with Gasteiger partial charge in [0.25, 0.3) is 0 Å². The number of hydrogen-bond donors (Lipinski definition) is 2. The molecule has 1 aliphatic carbocycles. The van der Waals surface area contributed by atoms with Gasteiger partial charge in [-0.2, -0.15) is 0 Å². The van der Waals surface area contributed by atoms with E-state index in [0.29, 0.717) is 25.2 Å². The van der Waals surface area contributed by atoms with Gasteiger partial charge in [-0.3, -0.25) is 0 Å². The van der Waals surface area contributed by atoms with Gasteiger partial charge >= 0.3 is 0 Å². The zero-order valence-corrected chi connectivity index (χ0v) is 11.7. The quantitative estimate of drug-likeness (QED) is 0.825. The first-order valence-corrected chi connectivity index (χ1v) is 7.87. The average molecular weight is 285 g/mol. The topological polar surface area (TPSA) is 75.6 Å². The first kappa shape index (κ1) is 14.3. The number of benzene rings is 1. The highest BCUT2D eigenvalue weighted by molar-refractivity contribution is 7.89. The van der Waals surface area contributed by atoms with E-state index in [1.165, 1.54) is 12.1 Å². The Morgan fingerprint density at radius 1 is 1.32 bits per heavy atom. The first-order valence-electron chi connectivity index (χ1n) is 6.39. The fourth-order valence-corrected chi connectivity index (χ4v) is 3.57. The number of aliphatic hydroxyl groups is 1. The van der Waals surface area contributed by atoms with Crippen LogP contribution >= 0.6 is 0 Å². The Balaban J connectivity index is 2.15. The molecule has 0 aliphatic heterocycles. The van der Waals surface area contributed by atoms with Crippen LogP contribution in [0.2, 0.25) is 0 Å².